The Labute approximate surface area is 131 Å². The number of Topliss-reactive ketones (excluding diaryl/α,β-unsaturated/α-hetero) is 2. The number of carbonyl (C=O) groups excluding carboxylic acids is 2. The van der Waals surface area contributed by atoms with E-state index in [1.165, 1.54) is 0 Å². The van der Waals surface area contributed by atoms with E-state index >= 15 is 0 Å². The lowest BCUT2D eigenvalue weighted by Gasteiger charge is -2.23. The summed E-state index contributed by atoms with van der Waals surface area (Å²) in [6.07, 6.45) is 4.75. The van der Waals surface area contributed by atoms with Gasteiger partial charge in [-0.15, -0.1) is 0 Å². The van der Waals surface area contributed by atoms with Crippen LogP contribution in [-0.2, 0) is 16.0 Å². The summed E-state index contributed by atoms with van der Waals surface area (Å²) in [5.74, 6) is -0.176. The molecule has 2 rings (SSSR count). The number of benzene rings is 1. The largest absolute Gasteiger partial charge is 0.348 e. The van der Waals surface area contributed by atoms with Crippen LogP contribution >= 0.6 is 0 Å². The molecule has 0 saturated carbocycles. The molecule has 0 radical (unpaired) electrons. The summed E-state index contributed by atoms with van der Waals surface area (Å²) < 4.78 is 0. The van der Waals surface area contributed by atoms with Crippen LogP contribution in [0, 0.1) is 5.92 Å². The standard InChI is InChI=1S/C18H22N2O2/c1-3-15(21)17(16(22)4-2)14(18-19-10-11-20-18)12-13-8-6-5-7-9-13/h5-11,14,17H,3-4,12H2,1-2H3,(H,19,20). The van der Waals surface area contributed by atoms with Crippen molar-refractivity contribution < 1.29 is 9.59 Å². The Hall–Kier alpha value is -2.23. The van der Waals surface area contributed by atoms with Gasteiger partial charge in [0.05, 0.1) is 5.92 Å². The molecule has 0 aliphatic rings. The maximum absolute atomic E-state index is 12.4. The lowest BCUT2D eigenvalue weighted by atomic mass is 9.79. The third-order valence-corrected chi connectivity index (χ3v) is 3.96. The Kier molecular flexibility index (Phi) is 5.64. The summed E-state index contributed by atoms with van der Waals surface area (Å²) in [5.41, 5.74) is 1.10. The van der Waals surface area contributed by atoms with Gasteiger partial charge in [-0.25, -0.2) is 4.98 Å². The highest BCUT2D eigenvalue weighted by Gasteiger charge is 2.34. The van der Waals surface area contributed by atoms with E-state index in [9.17, 15) is 9.59 Å². The fraction of sp³-hybridized carbons (Fsp3) is 0.389. The molecule has 0 aliphatic heterocycles. The molecule has 4 heteroatoms. The summed E-state index contributed by atoms with van der Waals surface area (Å²) in [6.45, 7) is 3.61. The van der Waals surface area contributed by atoms with Crippen LogP contribution in [-0.4, -0.2) is 21.5 Å². The van der Waals surface area contributed by atoms with Crippen molar-refractivity contribution in [1.82, 2.24) is 9.97 Å². The third kappa shape index (κ3) is 3.70. The third-order valence-electron chi connectivity index (χ3n) is 3.96. The predicted molar refractivity (Wildman–Crippen MR) is 85.6 cm³/mol. The molecule has 0 spiro atoms. The molecule has 22 heavy (non-hydrogen) atoms. The Balaban J connectivity index is 2.37. The summed E-state index contributed by atoms with van der Waals surface area (Å²) in [6, 6.07) is 9.91. The van der Waals surface area contributed by atoms with Gasteiger partial charge in [0.15, 0.2) is 0 Å². The first-order chi connectivity index (χ1) is 10.7. The van der Waals surface area contributed by atoms with E-state index in [0.29, 0.717) is 25.1 Å². The summed E-state index contributed by atoms with van der Waals surface area (Å²) >= 11 is 0. The molecular formula is C18H22N2O2. The van der Waals surface area contributed by atoms with Crippen molar-refractivity contribution in [3.05, 3.63) is 54.1 Å². The predicted octanol–water partition coefficient (Wildman–Crippen LogP) is 3.31. The Morgan fingerprint density at radius 2 is 1.73 bits per heavy atom. The first-order valence-electron chi connectivity index (χ1n) is 7.76. The zero-order chi connectivity index (χ0) is 15.9. The zero-order valence-electron chi connectivity index (χ0n) is 13.1. The van der Waals surface area contributed by atoms with Gasteiger partial charge in [-0.1, -0.05) is 44.2 Å². The van der Waals surface area contributed by atoms with E-state index in [0.717, 1.165) is 5.56 Å². The van der Waals surface area contributed by atoms with Crippen molar-refractivity contribution in [2.24, 2.45) is 5.92 Å². The van der Waals surface area contributed by atoms with E-state index in [1.807, 2.05) is 30.3 Å². The molecule has 0 bridgehead atoms. The van der Waals surface area contributed by atoms with Gasteiger partial charge in [-0.05, 0) is 12.0 Å². The molecule has 0 aliphatic carbocycles. The average molecular weight is 298 g/mol. The number of rotatable bonds is 8. The molecule has 1 unspecified atom stereocenters. The second-order valence-electron chi connectivity index (χ2n) is 5.39. The molecule has 1 N–H and O–H groups in total. The van der Waals surface area contributed by atoms with Crippen molar-refractivity contribution in [1.29, 1.82) is 0 Å². The first kappa shape index (κ1) is 16.1. The molecule has 0 saturated heterocycles. The Morgan fingerprint density at radius 3 is 2.23 bits per heavy atom. The van der Waals surface area contributed by atoms with Crippen molar-refractivity contribution in [3.8, 4) is 0 Å². The van der Waals surface area contributed by atoms with E-state index < -0.39 is 5.92 Å². The topological polar surface area (TPSA) is 62.8 Å². The number of aromatic nitrogens is 2. The SMILES string of the molecule is CCC(=O)C(C(=O)CC)C(Cc1ccccc1)c1ncc[nH]1. The van der Waals surface area contributed by atoms with Gasteiger partial charge in [0.2, 0.25) is 0 Å². The van der Waals surface area contributed by atoms with Crippen LogP contribution in [0.25, 0.3) is 0 Å². The molecule has 1 heterocycles. The molecule has 116 valence electrons. The number of nitrogens with one attached hydrogen (secondary N) is 1. The number of carbonyl (C=O) groups is 2. The molecule has 0 fully saturated rings. The lowest BCUT2D eigenvalue weighted by molar-refractivity contribution is -0.133. The van der Waals surface area contributed by atoms with Crippen molar-refractivity contribution in [2.45, 2.75) is 39.0 Å². The molecule has 2 aromatic rings. The highest BCUT2D eigenvalue weighted by molar-refractivity contribution is 6.03. The van der Waals surface area contributed by atoms with Crippen molar-refractivity contribution >= 4 is 11.6 Å². The Morgan fingerprint density at radius 1 is 1.09 bits per heavy atom. The lowest BCUT2D eigenvalue weighted by Crippen LogP contribution is -2.31. The van der Waals surface area contributed by atoms with E-state index in [1.54, 1.807) is 26.2 Å². The first-order valence-corrected chi connectivity index (χ1v) is 7.76. The number of H-pyrrole nitrogens is 1. The second-order valence-corrected chi connectivity index (χ2v) is 5.39. The van der Waals surface area contributed by atoms with Crippen LogP contribution in [0.2, 0.25) is 0 Å². The maximum Gasteiger partial charge on any atom is 0.143 e. The summed E-state index contributed by atoms with van der Waals surface area (Å²) in [4.78, 5) is 32.1. The summed E-state index contributed by atoms with van der Waals surface area (Å²) in [7, 11) is 0. The monoisotopic (exact) mass is 298 g/mol. The molecule has 1 aromatic heterocycles. The minimum Gasteiger partial charge on any atom is -0.348 e. The van der Waals surface area contributed by atoms with Crippen molar-refractivity contribution in [2.75, 3.05) is 0 Å². The van der Waals surface area contributed by atoms with Crippen molar-refractivity contribution in [3.63, 3.8) is 0 Å². The van der Waals surface area contributed by atoms with Gasteiger partial charge in [0, 0.05) is 31.2 Å². The number of nitrogens with zero attached hydrogens (tertiary/aromatic N) is 1. The van der Waals surface area contributed by atoms with Crippen LogP contribution in [0.3, 0.4) is 0 Å². The van der Waals surface area contributed by atoms with Gasteiger partial charge < -0.3 is 4.98 Å². The number of hydrogen-bond donors (Lipinski definition) is 1. The fourth-order valence-corrected chi connectivity index (χ4v) is 2.79. The van der Waals surface area contributed by atoms with E-state index in [4.69, 9.17) is 0 Å². The highest BCUT2D eigenvalue weighted by Crippen LogP contribution is 2.29. The average Bonchev–Trinajstić information content (AvgIpc) is 3.09. The minimum atomic E-state index is -0.624. The summed E-state index contributed by atoms with van der Waals surface area (Å²) in [5, 5.41) is 0. The number of imidazole rings is 1. The number of ketones is 2. The van der Waals surface area contributed by atoms with Crippen LogP contribution in [0.5, 0.6) is 0 Å². The normalized spacial score (nSPS) is 12.3. The molecular weight excluding hydrogens is 276 g/mol. The second kappa shape index (κ2) is 7.69. The van der Waals surface area contributed by atoms with Crippen LogP contribution in [0.4, 0.5) is 0 Å². The number of aromatic amines is 1. The molecule has 1 atom stereocenters. The van der Waals surface area contributed by atoms with Gasteiger partial charge in [-0.3, -0.25) is 9.59 Å². The van der Waals surface area contributed by atoms with Gasteiger partial charge >= 0.3 is 0 Å². The number of hydrogen-bond acceptors (Lipinski definition) is 3. The van der Waals surface area contributed by atoms with Gasteiger partial charge in [-0.2, -0.15) is 0 Å². The quantitative estimate of drug-likeness (QED) is 0.760. The highest BCUT2D eigenvalue weighted by atomic mass is 16.1. The molecule has 1 aromatic carbocycles. The van der Waals surface area contributed by atoms with Crippen LogP contribution in [0.1, 0.15) is 44.0 Å². The molecule has 4 nitrogen and oxygen atoms in total. The van der Waals surface area contributed by atoms with Gasteiger partial charge in [0.25, 0.3) is 0 Å². The van der Waals surface area contributed by atoms with Crippen LogP contribution < -0.4 is 0 Å². The van der Waals surface area contributed by atoms with E-state index in [2.05, 4.69) is 9.97 Å². The minimum absolute atomic E-state index is 0.0100. The van der Waals surface area contributed by atoms with Crippen LogP contribution in [0.15, 0.2) is 42.7 Å². The Bertz CT molecular complexity index is 589. The smallest absolute Gasteiger partial charge is 0.143 e. The van der Waals surface area contributed by atoms with Gasteiger partial charge in [0.1, 0.15) is 17.4 Å². The van der Waals surface area contributed by atoms with E-state index in [-0.39, 0.29) is 17.5 Å². The molecule has 0 amide bonds. The maximum atomic E-state index is 12.4. The zero-order valence-corrected chi connectivity index (χ0v) is 13.1. The fourth-order valence-electron chi connectivity index (χ4n) is 2.79.